The molecule has 1 heterocycles. The summed E-state index contributed by atoms with van der Waals surface area (Å²) in [6.07, 6.45) is 1.42. The van der Waals surface area contributed by atoms with E-state index < -0.39 is 0 Å². The van der Waals surface area contributed by atoms with Crippen molar-refractivity contribution in [2.45, 2.75) is 0 Å². The normalized spacial score (nSPS) is 17.0. The molecule has 5 heteroatoms. The number of nitrogens with one attached hydrogen (secondary N) is 1. The summed E-state index contributed by atoms with van der Waals surface area (Å²) < 4.78 is 5.11. The molecule has 2 rings (SSSR count). The lowest BCUT2D eigenvalue weighted by Crippen LogP contribution is -2.14. The van der Waals surface area contributed by atoms with Crippen LogP contribution in [0.1, 0.15) is 10.4 Å². The van der Waals surface area contributed by atoms with Gasteiger partial charge in [-0.05, 0) is 12.1 Å². The summed E-state index contributed by atoms with van der Waals surface area (Å²) >= 11 is 1.33. The molecule has 17 heavy (non-hydrogen) atoms. The number of amides is 1. The Bertz CT molecular complexity index is 496. The number of allylic oxidation sites excluding steroid dienone is 1. The molecule has 88 valence electrons. The van der Waals surface area contributed by atoms with Crippen molar-refractivity contribution in [1.82, 2.24) is 5.32 Å². The quantitative estimate of drug-likeness (QED) is 0.652. The topological polar surface area (TPSA) is 55.4 Å². The maximum atomic E-state index is 12.0. The number of ether oxygens (including phenoxy) is 1. The molecular formula is C12H11NO3S. The van der Waals surface area contributed by atoms with Crippen LogP contribution in [-0.4, -0.2) is 24.6 Å². The van der Waals surface area contributed by atoms with Crippen molar-refractivity contribution >= 4 is 23.5 Å². The number of carbonyl (C=O) groups excluding carboxylic acids is 2. The third-order valence-corrected chi connectivity index (χ3v) is 3.19. The zero-order valence-corrected chi connectivity index (χ0v) is 10.0. The van der Waals surface area contributed by atoms with Gasteiger partial charge in [0.1, 0.15) is 5.75 Å². The van der Waals surface area contributed by atoms with Crippen molar-refractivity contribution < 1.29 is 14.3 Å². The van der Waals surface area contributed by atoms with Crippen LogP contribution < -0.4 is 10.1 Å². The third kappa shape index (κ3) is 2.68. The summed E-state index contributed by atoms with van der Waals surface area (Å²) in [5, 5.41) is 3.20. The van der Waals surface area contributed by atoms with E-state index in [1.54, 1.807) is 24.3 Å². The number of para-hydroxylation sites is 1. The second kappa shape index (κ2) is 5.05. The minimum absolute atomic E-state index is 0.0749. The van der Waals surface area contributed by atoms with Crippen LogP contribution in [0.4, 0.5) is 0 Å². The molecule has 0 atom stereocenters. The maximum Gasteiger partial charge on any atom is 0.235 e. The molecule has 0 bridgehead atoms. The van der Waals surface area contributed by atoms with E-state index in [1.807, 2.05) is 0 Å². The van der Waals surface area contributed by atoms with E-state index in [-0.39, 0.29) is 11.7 Å². The Kier molecular flexibility index (Phi) is 3.49. The number of hydrogen-bond donors (Lipinski definition) is 1. The zero-order chi connectivity index (χ0) is 12.3. The lowest BCUT2D eigenvalue weighted by atomic mass is 10.1. The molecule has 0 aromatic heterocycles. The van der Waals surface area contributed by atoms with Crippen LogP contribution >= 0.6 is 11.8 Å². The average Bonchev–Trinajstić information content (AvgIpc) is 2.74. The molecular weight excluding hydrogens is 238 g/mol. The Hall–Kier alpha value is -1.75. The lowest BCUT2D eigenvalue weighted by Gasteiger charge is -2.04. The first-order valence-corrected chi connectivity index (χ1v) is 6.01. The first kappa shape index (κ1) is 11.7. The van der Waals surface area contributed by atoms with Crippen LogP contribution in [0.5, 0.6) is 5.75 Å². The number of ketones is 1. The largest absolute Gasteiger partial charge is 0.496 e. The maximum absolute atomic E-state index is 12.0. The summed E-state index contributed by atoms with van der Waals surface area (Å²) in [4.78, 5) is 23.0. The monoisotopic (exact) mass is 249 g/mol. The molecule has 4 nitrogen and oxygen atoms in total. The summed E-state index contributed by atoms with van der Waals surface area (Å²) in [5.41, 5.74) is 0.490. The van der Waals surface area contributed by atoms with Gasteiger partial charge in [-0.25, -0.2) is 0 Å². The molecule has 1 aliphatic rings. The van der Waals surface area contributed by atoms with Crippen molar-refractivity contribution in [2.75, 3.05) is 12.9 Å². The number of hydrogen-bond acceptors (Lipinski definition) is 4. The smallest absolute Gasteiger partial charge is 0.235 e. The lowest BCUT2D eigenvalue weighted by molar-refractivity contribution is -0.117. The van der Waals surface area contributed by atoms with Crippen molar-refractivity contribution in [1.29, 1.82) is 0 Å². The summed E-state index contributed by atoms with van der Waals surface area (Å²) in [6.45, 7) is 0. The fraction of sp³-hybridized carbons (Fsp3) is 0.167. The molecule has 0 saturated carbocycles. The SMILES string of the molecule is COc1ccccc1C(=O)C=C1NC(=O)CS1. The van der Waals surface area contributed by atoms with E-state index in [9.17, 15) is 9.59 Å². The molecule has 1 aromatic carbocycles. The van der Waals surface area contributed by atoms with Gasteiger partial charge in [0.05, 0.1) is 23.5 Å². The van der Waals surface area contributed by atoms with Gasteiger partial charge >= 0.3 is 0 Å². The number of thioether (sulfide) groups is 1. The number of benzene rings is 1. The minimum atomic E-state index is -0.174. The molecule has 1 aliphatic heterocycles. The van der Waals surface area contributed by atoms with Gasteiger partial charge in [0.2, 0.25) is 5.91 Å². The van der Waals surface area contributed by atoms with Crippen LogP contribution in [0.25, 0.3) is 0 Å². The molecule has 0 unspecified atom stereocenters. The Balaban J connectivity index is 2.23. The number of methoxy groups -OCH3 is 1. The molecule has 1 N–H and O–H groups in total. The van der Waals surface area contributed by atoms with Crippen molar-refractivity contribution in [3.63, 3.8) is 0 Å². The first-order chi connectivity index (χ1) is 8.20. The summed E-state index contributed by atoms with van der Waals surface area (Å²) in [7, 11) is 1.52. The number of rotatable bonds is 3. The standard InChI is InChI=1S/C12H11NO3S/c1-16-10-5-3-2-4-8(10)9(14)6-12-13-11(15)7-17-12/h2-6H,7H2,1H3,(H,13,15). The fourth-order valence-corrected chi connectivity index (χ4v) is 2.21. The minimum Gasteiger partial charge on any atom is -0.496 e. The van der Waals surface area contributed by atoms with Crippen LogP contribution in [0.15, 0.2) is 35.4 Å². The van der Waals surface area contributed by atoms with Crippen molar-refractivity contribution in [2.24, 2.45) is 0 Å². The van der Waals surface area contributed by atoms with Crippen LogP contribution in [0.3, 0.4) is 0 Å². The second-order valence-electron chi connectivity index (χ2n) is 3.41. The van der Waals surface area contributed by atoms with Crippen molar-refractivity contribution in [3.8, 4) is 5.75 Å². The van der Waals surface area contributed by atoms with Gasteiger partial charge in [-0.3, -0.25) is 9.59 Å². The van der Waals surface area contributed by atoms with Gasteiger partial charge in [-0.2, -0.15) is 0 Å². The predicted molar refractivity (Wildman–Crippen MR) is 66.0 cm³/mol. The Morgan fingerprint density at radius 3 is 2.88 bits per heavy atom. The summed E-state index contributed by atoms with van der Waals surface area (Å²) in [6, 6.07) is 7.00. The zero-order valence-electron chi connectivity index (χ0n) is 9.23. The fourth-order valence-electron chi connectivity index (χ4n) is 1.48. The van der Waals surface area contributed by atoms with Gasteiger partial charge in [0.25, 0.3) is 0 Å². The number of carbonyl (C=O) groups is 2. The van der Waals surface area contributed by atoms with Gasteiger partial charge in [-0.15, -0.1) is 0 Å². The highest BCUT2D eigenvalue weighted by Crippen LogP contribution is 2.22. The van der Waals surface area contributed by atoms with E-state index in [4.69, 9.17) is 4.74 Å². The Labute approximate surface area is 103 Å². The highest BCUT2D eigenvalue weighted by Gasteiger charge is 2.17. The molecule has 1 saturated heterocycles. The van der Waals surface area contributed by atoms with Gasteiger partial charge in [0.15, 0.2) is 5.78 Å². The predicted octanol–water partition coefficient (Wildman–Crippen LogP) is 1.58. The van der Waals surface area contributed by atoms with Crippen LogP contribution in [0.2, 0.25) is 0 Å². The first-order valence-electron chi connectivity index (χ1n) is 5.02. The average molecular weight is 249 g/mol. The molecule has 0 aliphatic carbocycles. The molecule has 1 fully saturated rings. The van der Waals surface area contributed by atoms with E-state index in [1.165, 1.54) is 24.9 Å². The van der Waals surface area contributed by atoms with Gasteiger partial charge in [-0.1, -0.05) is 23.9 Å². The van der Waals surface area contributed by atoms with E-state index in [2.05, 4.69) is 5.32 Å². The molecule has 0 radical (unpaired) electrons. The van der Waals surface area contributed by atoms with E-state index in [0.29, 0.717) is 22.1 Å². The summed E-state index contributed by atoms with van der Waals surface area (Å²) in [5.74, 6) is 0.648. The third-order valence-electron chi connectivity index (χ3n) is 2.26. The Morgan fingerprint density at radius 1 is 1.47 bits per heavy atom. The van der Waals surface area contributed by atoms with E-state index >= 15 is 0 Å². The van der Waals surface area contributed by atoms with Crippen molar-refractivity contribution in [3.05, 3.63) is 40.9 Å². The van der Waals surface area contributed by atoms with Gasteiger partial charge in [0, 0.05) is 6.08 Å². The molecule has 1 aromatic rings. The van der Waals surface area contributed by atoms with Crippen LogP contribution in [-0.2, 0) is 4.79 Å². The molecule has 0 spiro atoms. The highest BCUT2D eigenvalue weighted by molar-refractivity contribution is 8.04. The van der Waals surface area contributed by atoms with Gasteiger partial charge < -0.3 is 10.1 Å². The second-order valence-corrected chi connectivity index (χ2v) is 4.43. The Morgan fingerprint density at radius 2 is 2.24 bits per heavy atom. The highest BCUT2D eigenvalue weighted by atomic mass is 32.2. The van der Waals surface area contributed by atoms with E-state index in [0.717, 1.165) is 0 Å². The van der Waals surface area contributed by atoms with Crippen LogP contribution in [0, 0.1) is 0 Å². The molecule has 1 amide bonds.